The van der Waals surface area contributed by atoms with Crippen molar-refractivity contribution >= 4 is 0 Å². The summed E-state index contributed by atoms with van der Waals surface area (Å²) < 4.78 is 10.9. The Labute approximate surface area is 98.5 Å². The minimum atomic E-state index is -0.407. The molecule has 1 rings (SSSR count). The van der Waals surface area contributed by atoms with Crippen molar-refractivity contribution in [3.8, 4) is 0 Å². The summed E-state index contributed by atoms with van der Waals surface area (Å²) in [5.41, 5.74) is 0. The highest BCUT2D eigenvalue weighted by Crippen LogP contribution is 2.11. The maximum atomic E-state index is 9.85. The monoisotopic (exact) mass is 231 g/mol. The van der Waals surface area contributed by atoms with Gasteiger partial charge in [-0.05, 0) is 27.7 Å². The molecule has 1 N–H and O–H groups in total. The fourth-order valence-electron chi connectivity index (χ4n) is 1.85. The van der Waals surface area contributed by atoms with Gasteiger partial charge in [0.1, 0.15) is 0 Å². The first-order valence-corrected chi connectivity index (χ1v) is 6.14. The van der Waals surface area contributed by atoms with E-state index in [1.54, 1.807) is 0 Å². The molecule has 3 unspecified atom stereocenters. The Bertz CT molecular complexity index is 199. The fraction of sp³-hybridized carbons (Fsp3) is 1.00. The first-order chi connectivity index (χ1) is 7.49. The number of rotatable bonds is 5. The van der Waals surface area contributed by atoms with Crippen LogP contribution in [0.15, 0.2) is 0 Å². The van der Waals surface area contributed by atoms with E-state index >= 15 is 0 Å². The van der Waals surface area contributed by atoms with Gasteiger partial charge in [-0.15, -0.1) is 0 Å². The van der Waals surface area contributed by atoms with Crippen LogP contribution in [-0.4, -0.2) is 60.7 Å². The van der Waals surface area contributed by atoms with Crippen LogP contribution in [0.5, 0.6) is 0 Å². The first-order valence-electron chi connectivity index (χ1n) is 6.14. The van der Waals surface area contributed by atoms with Gasteiger partial charge in [-0.3, -0.25) is 4.90 Å². The lowest BCUT2D eigenvalue weighted by Gasteiger charge is -2.37. The van der Waals surface area contributed by atoms with Crippen molar-refractivity contribution in [1.82, 2.24) is 4.90 Å². The number of aliphatic hydroxyl groups excluding tert-OH is 1. The third-order valence-corrected chi connectivity index (χ3v) is 2.80. The van der Waals surface area contributed by atoms with Crippen LogP contribution < -0.4 is 0 Å². The molecule has 96 valence electrons. The molecule has 1 fully saturated rings. The number of ether oxygens (including phenoxy) is 2. The van der Waals surface area contributed by atoms with Crippen LogP contribution in [0.1, 0.15) is 27.7 Å². The number of β-amino-alcohol motifs (C(OH)–C–C–N with tert-alkyl or cyclic N) is 1. The van der Waals surface area contributed by atoms with E-state index in [0.29, 0.717) is 19.2 Å². The molecular weight excluding hydrogens is 206 g/mol. The summed E-state index contributed by atoms with van der Waals surface area (Å²) in [5.74, 6) is 0. The van der Waals surface area contributed by atoms with E-state index < -0.39 is 6.10 Å². The molecule has 1 aliphatic heterocycles. The van der Waals surface area contributed by atoms with Crippen molar-refractivity contribution in [3.63, 3.8) is 0 Å². The predicted molar refractivity (Wildman–Crippen MR) is 63.5 cm³/mol. The molecule has 16 heavy (non-hydrogen) atoms. The second-order valence-electron chi connectivity index (χ2n) is 4.98. The molecule has 1 aliphatic rings. The summed E-state index contributed by atoms with van der Waals surface area (Å²) in [5, 5.41) is 9.85. The minimum Gasteiger partial charge on any atom is -0.389 e. The van der Waals surface area contributed by atoms with Crippen LogP contribution in [0.2, 0.25) is 0 Å². The molecule has 4 nitrogen and oxygen atoms in total. The average Bonchev–Trinajstić information content (AvgIpc) is 2.20. The quantitative estimate of drug-likeness (QED) is 0.763. The topological polar surface area (TPSA) is 41.9 Å². The summed E-state index contributed by atoms with van der Waals surface area (Å²) in [7, 11) is 0. The van der Waals surface area contributed by atoms with E-state index in [1.165, 1.54) is 0 Å². The lowest BCUT2D eigenvalue weighted by Crippen LogP contribution is -2.50. The van der Waals surface area contributed by atoms with E-state index in [2.05, 4.69) is 18.7 Å². The van der Waals surface area contributed by atoms with Crippen molar-refractivity contribution in [3.05, 3.63) is 0 Å². The van der Waals surface area contributed by atoms with Crippen LogP contribution in [0.3, 0.4) is 0 Å². The predicted octanol–water partition coefficient (Wildman–Crippen LogP) is 0.881. The van der Waals surface area contributed by atoms with Crippen LogP contribution >= 0.6 is 0 Å². The summed E-state index contributed by atoms with van der Waals surface area (Å²) in [4.78, 5) is 2.27. The number of hydrogen-bond acceptors (Lipinski definition) is 4. The summed E-state index contributed by atoms with van der Waals surface area (Å²) in [6.07, 6.45) is 0.0280. The molecule has 1 heterocycles. The molecule has 3 atom stereocenters. The molecule has 0 spiro atoms. The van der Waals surface area contributed by atoms with E-state index in [4.69, 9.17) is 9.47 Å². The zero-order valence-corrected chi connectivity index (χ0v) is 10.8. The highest BCUT2D eigenvalue weighted by Gasteiger charge is 2.25. The molecular formula is C12H25NO3. The standard InChI is InChI=1S/C12H25NO3/c1-9(2)15-8-12(14)6-13-5-11(4)16-7-10(13)3/h9-12,14H,5-8H2,1-4H3. The Morgan fingerprint density at radius 1 is 1.44 bits per heavy atom. The molecule has 0 aromatic heterocycles. The highest BCUT2D eigenvalue weighted by molar-refractivity contribution is 4.77. The van der Waals surface area contributed by atoms with E-state index in [1.807, 2.05) is 13.8 Å². The largest absolute Gasteiger partial charge is 0.389 e. The fourth-order valence-corrected chi connectivity index (χ4v) is 1.85. The van der Waals surface area contributed by atoms with Crippen molar-refractivity contribution in [2.75, 3.05) is 26.3 Å². The highest BCUT2D eigenvalue weighted by atomic mass is 16.5. The number of hydrogen-bond donors (Lipinski definition) is 1. The second kappa shape index (κ2) is 6.55. The Kier molecular flexibility index (Phi) is 5.69. The molecule has 4 heteroatoms. The summed E-state index contributed by atoms with van der Waals surface area (Å²) >= 11 is 0. The Morgan fingerprint density at radius 3 is 2.75 bits per heavy atom. The molecule has 0 amide bonds. The van der Waals surface area contributed by atoms with Gasteiger partial charge in [-0.1, -0.05) is 0 Å². The van der Waals surface area contributed by atoms with Gasteiger partial charge in [-0.2, -0.15) is 0 Å². The number of nitrogens with zero attached hydrogens (tertiary/aromatic N) is 1. The van der Waals surface area contributed by atoms with E-state index in [-0.39, 0.29) is 12.2 Å². The van der Waals surface area contributed by atoms with Gasteiger partial charge < -0.3 is 14.6 Å². The molecule has 0 aromatic carbocycles. The van der Waals surface area contributed by atoms with Gasteiger partial charge >= 0.3 is 0 Å². The van der Waals surface area contributed by atoms with E-state index in [9.17, 15) is 5.11 Å². The van der Waals surface area contributed by atoms with Crippen molar-refractivity contribution in [1.29, 1.82) is 0 Å². The van der Waals surface area contributed by atoms with Crippen molar-refractivity contribution < 1.29 is 14.6 Å². The smallest absolute Gasteiger partial charge is 0.0900 e. The Hall–Kier alpha value is -0.160. The van der Waals surface area contributed by atoms with Crippen LogP contribution in [0, 0.1) is 0 Å². The molecule has 0 bridgehead atoms. The van der Waals surface area contributed by atoms with Gasteiger partial charge in [0, 0.05) is 19.1 Å². The minimum absolute atomic E-state index is 0.177. The molecule has 1 saturated heterocycles. The second-order valence-corrected chi connectivity index (χ2v) is 4.98. The van der Waals surface area contributed by atoms with Gasteiger partial charge in [0.2, 0.25) is 0 Å². The van der Waals surface area contributed by atoms with Crippen molar-refractivity contribution in [2.45, 2.75) is 52.0 Å². The first kappa shape index (κ1) is 13.9. The molecule has 0 aromatic rings. The number of aliphatic hydroxyl groups is 1. The van der Waals surface area contributed by atoms with Crippen LogP contribution in [-0.2, 0) is 9.47 Å². The summed E-state index contributed by atoms with van der Waals surface area (Å²) in [6, 6.07) is 0.380. The maximum Gasteiger partial charge on any atom is 0.0900 e. The maximum absolute atomic E-state index is 9.85. The van der Waals surface area contributed by atoms with Crippen LogP contribution in [0.4, 0.5) is 0 Å². The van der Waals surface area contributed by atoms with Gasteiger partial charge in [0.25, 0.3) is 0 Å². The van der Waals surface area contributed by atoms with Crippen molar-refractivity contribution in [2.24, 2.45) is 0 Å². The summed E-state index contributed by atoms with van der Waals surface area (Å²) in [6.45, 7) is 10.9. The number of morpholine rings is 1. The van der Waals surface area contributed by atoms with Gasteiger partial charge in [0.05, 0.1) is 31.5 Å². The average molecular weight is 231 g/mol. The van der Waals surface area contributed by atoms with Crippen LogP contribution in [0.25, 0.3) is 0 Å². The normalized spacial score (nSPS) is 29.6. The molecule has 0 saturated carbocycles. The lowest BCUT2D eigenvalue weighted by atomic mass is 10.2. The molecule has 0 radical (unpaired) electrons. The third-order valence-electron chi connectivity index (χ3n) is 2.80. The Balaban J connectivity index is 2.28. The Morgan fingerprint density at radius 2 is 2.12 bits per heavy atom. The van der Waals surface area contributed by atoms with Gasteiger partial charge in [0.15, 0.2) is 0 Å². The lowest BCUT2D eigenvalue weighted by molar-refractivity contribution is -0.0739. The zero-order valence-electron chi connectivity index (χ0n) is 10.8. The SMILES string of the molecule is CC(C)OCC(O)CN1CC(C)OCC1C. The third kappa shape index (κ3) is 4.78. The van der Waals surface area contributed by atoms with E-state index in [0.717, 1.165) is 13.2 Å². The zero-order chi connectivity index (χ0) is 12.1. The molecule has 0 aliphatic carbocycles. The van der Waals surface area contributed by atoms with Gasteiger partial charge in [-0.25, -0.2) is 0 Å².